The van der Waals surface area contributed by atoms with Crippen LogP contribution in [0.3, 0.4) is 0 Å². The number of nitrogens with one attached hydrogen (secondary N) is 1. The Hall–Kier alpha value is -0.590. The third kappa shape index (κ3) is 4.44. The van der Waals surface area contributed by atoms with E-state index in [2.05, 4.69) is 45.2 Å². The molecule has 1 atom stereocenters. The van der Waals surface area contributed by atoms with Crippen molar-refractivity contribution in [2.75, 3.05) is 29.5 Å². The Morgan fingerprint density at radius 1 is 1.43 bits per heavy atom. The molecule has 2 rings (SSSR count). The van der Waals surface area contributed by atoms with E-state index in [1.807, 2.05) is 13.0 Å². The highest BCUT2D eigenvalue weighted by atomic mass is 79.9. The quantitative estimate of drug-likeness (QED) is 0.804. The van der Waals surface area contributed by atoms with Gasteiger partial charge >= 0.3 is 0 Å². The van der Waals surface area contributed by atoms with Crippen molar-refractivity contribution in [1.29, 1.82) is 0 Å². The molecule has 1 heterocycles. The lowest BCUT2D eigenvalue weighted by molar-refractivity contribution is 0.567. The Bertz CT molecular complexity index is 589. The maximum absolute atomic E-state index is 11.8. The first kappa shape index (κ1) is 16.8. The Morgan fingerprint density at radius 3 is 2.86 bits per heavy atom. The molecule has 1 aromatic carbocycles. The van der Waals surface area contributed by atoms with Gasteiger partial charge in [-0.2, -0.15) is 0 Å². The predicted molar refractivity (Wildman–Crippen MR) is 91.6 cm³/mol. The third-order valence-electron chi connectivity index (χ3n) is 3.77. The van der Waals surface area contributed by atoms with E-state index in [1.54, 1.807) is 0 Å². The molecular weight excluding hydrogens is 352 g/mol. The number of anilines is 1. The number of hydrogen-bond acceptors (Lipinski definition) is 4. The zero-order valence-corrected chi connectivity index (χ0v) is 15.0. The lowest BCUT2D eigenvalue weighted by Gasteiger charge is -2.36. The molecule has 0 spiro atoms. The maximum Gasteiger partial charge on any atom is 0.154 e. The summed E-state index contributed by atoms with van der Waals surface area (Å²) in [6.07, 6.45) is 1.10. The number of rotatable bonds is 5. The number of sulfone groups is 1. The largest absolute Gasteiger partial charge is 0.366 e. The second-order valence-corrected chi connectivity index (χ2v) is 8.75. The summed E-state index contributed by atoms with van der Waals surface area (Å²) in [5.74, 6) is 0.479. The minimum Gasteiger partial charge on any atom is -0.366 e. The van der Waals surface area contributed by atoms with Crippen LogP contribution >= 0.6 is 15.9 Å². The number of benzene rings is 1. The van der Waals surface area contributed by atoms with Crippen molar-refractivity contribution < 1.29 is 8.42 Å². The fraction of sp³-hybridized carbons (Fsp3) is 0.600. The van der Waals surface area contributed by atoms with Gasteiger partial charge in [-0.25, -0.2) is 8.42 Å². The van der Waals surface area contributed by atoms with Gasteiger partial charge in [-0.05, 0) is 37.6 Å². The first-order valence-corrected chi connectivity index (χ1v) is 10.0. The molecule has 1 aliphatic heterocycles. The van der Waals surface area contributed by atoms with E-state index in [0.29, 0.717) is 6.54 Å². The van der Waals surface area contributed by atoms with Crippen LogP contribution in [0.5, 0.6) is 0 Å². The van der Waals surface area contributed by atoms with Crippen LogP contribution in [-0.2, 0) is 16.4 Å². The molecule has 0 amide bonds. The first-order valence-electron chi connectivity index (χ1n) is 7.39. The van der Waals surface area contributed by atoms with Gasteiger partial charge < -0.3 is 10.2 Å². The second-order valence-electron chi connectivity index (χ2n) is 5.61. The van der Waals surface area contributed by atoms with Crippen molar-refractivity contribution in [3.63, 3.8) is 0 Å². The monoisotopic (exact) mass is 374 g/mol. The maximum atomic E-state index is 11.8. The topological polar surface area (TPSA) is 49.4 Å². The molecule has 0 bridgehead atoms. The highest BCUT2D eigenvalue weighted by Crippen LogP contribution is 2.29. The molecule has 21 heavy (non-hydrogen) atoms. The van der Waals surface area contributed by atoms with E-state index in [9.17, 15) is 8.42 Å². The van der Waals surface area contributed by atoms with Gasteiger partial charge in [0.25, 0.3) is 0 Å². The highest BCUT2D eigenvalue weighted by molar-refractivity contribution is 9.10. The van der Waals surface area contributed by atoms with Gasteiger partial charge in [0.1, 0.15) is 0 Å². The normalized spacial score (nSPS) is 21.5. The molecule has 0 aliphatic carbocycles. The van der Waals surface area contributed by atoms with Gasteiger partial charge in [-0.15, -0.1) is 0 Å². The van der Waals surface area contributed by atoms with Crippen LogP contribution in [0.2, 0.25) is 0 Å². The molecule has 0 radical (unpaired) electrons. The van der Waals surface area contributed by atoms with Crippen LogP contribution in [-0.4, -0.2) is 39.1 Å². The zero-order valence-electron chi connectivity index (χ0n) is 12.6. The van der Waals surface area contributed by atoms with Crippen molar-refractivity contribution in [3.8, 4) is 0 Å². The van der Waals surface area contributed by atoms with E-state index in [1.165, 1.54) is 5.56 Å². The summed E-state index contributed by atoms with van der Waals surface area (Å²) < 4.78 is 24.5. The molecular formula is C15H23BrN2O2S. The Morgan fingerprint density at radius 2 is 2.19 bits per heavy atom. The Kier molecular flexibility index (Phi) is 5.68. The number of halogens is 1. The Labute approximate surface area is 136 Å². The average molecular weight is 375 g/mol. The molecule has 1 aromatic rings. The van der Waals surface area contributed by atoms with Crippen LogP contribution in [0.1, 0.15) is 25.8 Å². The van der Waals surface area contributed by atoms with E-state index < -0.39 is 9.84 Å². The van der Waals surface area contributed by atoms with Crippen LogP contribution in [0.4, 0.5) is 5.69 Å². The van der Waals surface area contributed by atoms with Crippen molar-refractivity contribution >= 4 is 31.5 Å². The minimum atomic E-state index is -2.89. The molecule has 1 aliphatic rings. The van der Waals surface area contributed by atoms with Crippen molar-refractivity contribution in [2.24, 2.45) is 0 Å². The highest BCUT2D eigenvalue weighted by Gasteiger charge is 2.29. The zero-order chi connectivity index (χ0) is 15.5. The van der Waals surface area contributed by atoms with Gasteiger partial charge in [-0.3, -0.25) is 0 Å². The van der Waals surface area contributed by atoms with Crippen LogP contribution in [0.15, 0.2) is 22.7 Å². The summed E-state index contributed by atoms with van der Waals surface area (Å²) >= 11 is 3.52. The summed E-state index contributed by atoms with van der Waals surface area (Å²) in [4.78, 5) is 2.22. The number of hydrogen-bond donors (Lipinski definition) is 1. The first-order chi connectivity index (χ1) is 9.93. The fourth-order valence-corrected chi connectivity index (χ4v) is 4.62. The van der Waals surface area contributed by atoms with E-state index >= 15 is 0 Å². The van der Waals surface area contributed by atoms with Crippen LogP contribution in [0.25, 0.3) is 0 Å². The molecule has 118 valence electrons. The summed E-state index contributed by atoms with van der Waals surface area (Å²) in [5.41, 5.74) is 2.35. The van der Waals surface area contributed by atoms with E-state index in [0.717, 1.165) is 29.7 Å². The second kappa shape index (κ2) is 7.11. The van der Waals surface area contributed by atoms with Crippen molar-refractivity contribution in [3.05, 3.63) is 28.2 Å². The molecule has 6 heteroatoms. The van der Waals surface area contributed by atoms with Crippen molar-refractivity contribution in [1.82, 2.24) is 5.32 Å². The molecule has 0 saturated carbocycles. The SMILES string of the molecule is CCCNCc1ccc(Br)cc1N1CCS(=O)(=O)CC1C. The summed E-state index contributed by atoms with van der Waals surface area (Å²) in [7, 11) is -2.89. The van der Waals surface area contributed by atoms with Crippen LogP contribution in [0, 0.1) is 0 Å². The third-order valence-corrected chi connectivity index (χ3v) is 6.06. The lowest BCUT2D eigenvalue weighted by atomic mass is 10.1. The predicted octanol–water partition coefficient (Wildman–Crippen LogP) is 2.57. The van der Waals surface area contributed by atoms with Gasteiger partial charge in [-0.1, -0.05) is 28.9 Å². The fourth-order valence-electron chi connectivity index (χ4n) is 2.71. The summed E-state index contributed by atoms with van der Waals surface area (Å²) in [6.45, 7) is 6.50. The Balaban J connectivity index is 2.23. The van der Waals surface area contributed by atoms with Gasteiger partial charge in [0.2, 0.25) is 0 Å². The van der Waals surface area contributed by atoms with E-state index in [4.69, 9.17) is 0 Å². The van der Waals surface area contributed by atoms with Gasteiger partial charge in [0.05, 0.1) is 11.5 Å². The van der Waals surface area contributed by atoms with Crippen molar-refractivity contribution in [2.45, 2.75) is 32.9 Å². The molecule has 1 fully saturated rings. The smallest absolute Gasteiger partial charge is 0.154 e. The number of nitrogens with zero attached hydrogens (tertiary/aromatic N) is 1. The van der Waals surface area contributed by atoms with E-state index in [-0.39, 0.29) is 17.5 Å². The molecule has 1 N–H and O–H groups in total. The summed E-state index contributed by atoms with van der Waals surface area (Å²) in [5, 5.41) is 3.42. The standard InChI is InChI=1S/C15H23BrN2O2S/c1-3-6-17-10-13-4-5-14(16)9-15(13)18-7-8-21(19,20)11-12(18)2/h4-5,9,12,17H,3,6-8,10-11H2,1-2H3. The van der Waals surface area contributed by atoms with Gasteiger partial charge in [0, 0.05) is 29.3 Å². The van der Waals surface area contributed by atoms with Crippen LogP contribution < -0.4 is 10.2 Å². The molecule has 1 unspecified atom stereocenters. The lowest BCUT2D eigenvalue weighted by Crippen LogP contribution is -2.47. The summed E-state index contributed by atoms with van der Waals surface area (Å²) in [6, 6.07) is 6.26. The minimum absolute atomic E-state index is 0.0166. The molecule has 4 nitrogen and oxygen atoms in total. The molecule has 1 saturated heterocycles. The molecule has 0 aromatic heterocycles. The average Bonchev–Trinajstić information content (AvgIpc) is 2.40. The van der Waals surface area contributed by atoms with Gasteiger partial charge in [0.15, 0.2) is 9.84 Å².